The van der Waals surface area contributed by atoms with Crippen LogP contribution in [0.15, 0.2) is 18.6 Å². The third-order valence-corrected chi connectivity index (χ3v) is 3.30. The molecule has 11 nitrogen and oxygen atoms in total. The highest BCUT2D eigenvalue weighted by molar-refractivity contribution is 6.01. The summed E-state index contributed by atoms with van der Waals surface area (Å²) in [6.07, 6.45) is 3.37. The molecule has 0 spiro atoms. The number of hydrogen-bond acceptors (Lipinski definition) is 6. The summed E-state index contributed by atoms with van der Waals surface area (Å²) in [6, 6.07) is 0. The monoisotopic (exact) mass is 322 g/mol. The number of rotatable bonds is 5. The lowest BCUT2D eigenvalue weighted by molar-refractivity contribution is -0.385. The van der Waals surface area contributed by atoms with Crippen LogP contribution in [0.5, 0.6) is 0 Å². The summed E-state index contributed by atoms with van der Waals surface area (Å²) in [5.74, 6) is -1.83. The molecule has 11 heteroatoms. The van der Waals surface area contributed by atoms with Gasteiger partial charge < -0.3 is 10.4 Å². The number of aryl methyl sites for hydroxylation is 1. The third kappa shape index (κ3) is 2.88. The molecule has 0 saturated heterocycles. The molecular formula is C12H14N6O5. The second kappa shape index (κ2) is 5.51. The minimum Gasteiger partial charge on any atom is -0.476 e. The molecule has 1 amide bonds. The number of aromatic nitrogens is 4. The van der Waals surface area contributed by atoms with Gasteiger partial charge in [-0.05, 0) is 13.8 Å². The van der Waals surface area contributed by atoms with Gasteiger partial charge in [0.25, 0.3) is 5.91 Å². The van der Waals surface area contributed by atoms with Gasteiger partial charge in [-0.3, -0.25) is 24.3 Å². The summed E-state index contributed by atoms with van der Waals surface area (Å²) in [5.41, 5.74) is -1.68. The van der Waals surface area contributed by atoms with Gasteiger partial charge in [0.1, 0.15) is 17.9 Å². The van der Waals surface area contributed by atoms with E-state index in [2.05, 4.69) is 15.5 Å². The highest BCUT2D eigenvalue weighted by atomic mass is 16.6. The maximum atomic E-state index is 12.4. The number of nitrogens with zero attached hydrogens (tertiary/aromatic N) is 5. The van der Waals surface area contributed by atoms with Crippen LogP contribution in [-0.2, 0) is 17.4 Å². The SMILES string of the molecule is Cn1ncc(NC(=O)C(C)(C)n2cc([N+](=O)[O-])cn2)c1C(=O)O. The van der Waals surface area contributed by atoms with Crippen molar-refractivity contribution in [2.75, 3.05) is 5.32 Å². The van der Waals surface area contributed by atoms with E-state index in [4.69, 9.17) is 5.11 Å². The number of carbonyl (C=O) groups is 2. The van der Waals surface area contributed by atoms with Crippen molar-refractivity contribution in [2.24, 2.45) is 7.05 Å². The molecular weight excluding hydrogens is 308 g/mol. The lowest BCUT2D eigenvalue weighted by atomic mass is 10.0. The number of carboxylic acid groups (broad SMARTS) is 1. The lowest BCUT2D eigenvalue weighted by Crippen LogP contribution is -2.40. The van der Waals surface area contributed by atoms with E-state index < -0.39 is 22.3 Å². The van der Waals surface area contributed by atoms with Crippen molar-refractivity contribution in [3.63, 3.8) is 0 Å². The fourth-order valence-corrected chi connectivity index (χ4v) is 1.88. The van der Waals surface area contributed by atoms with Gasteiger partial charge in [-0.1, -0.05) is 0 Å². The highest BCUT2D eigenvalue weighted by Gasteiger charge is 2.33. The molecule has 0 bridgehead atoms. The molecule has 0 atom stereocenters. The lowest BCUT2D eigenvalue weighted by Gasteiger charge is -2.23. The maximum absolute atomic E-state index is 12.4. The topological polar surface area (TPSA) is 145 Å². The number of nitrogens with one attached hydrogen (secondary N) is 1. The standard InChI is InChI=1S/C12H14N6O5/c1-12(2,17-6-7(4-14-17)18(22)23)11(21)15-8-5-13-16(3)9(8)10(19)20/h4-6H,1-3H3,(H,15,21)(H,19,20). The average Bonchev–Trinajstić information content (AvgIpc) is 3.06. The van der Waals surface area contributed by atoms with Crippen LogP contribution < -0.4 is 5.32 Å². The molecule has 2 heterocycles. The fraction of sp³-hybridized carbons (Fsp3) is 0.333. The Hall–Kier alpha value is -3.24. The van der Waals surface area contributed by atoms with E-state index in [1.165, 1.54) is 27.1 Å². The molecule has 23 heavy (non-hydrogen) atoms. The predicted molar refractivity (Wildman–Crippen MR) is 77.0 cm³/mol. The number of amides is 1. The molecule has 0 saturated carbocycles. The number of anilines is 1. The Balaban J connectivity index is 2.28. The fourth-order valence-electron chi connectivity index (χ4n) is 1.88. The van der Waals surface area contributed by atoms with E-state index in [0.717, 1.165) is 21.8 Å². The van der Waals surface area contributed by atoms with Gasteiger partial charge in [-0.25, -0.2) is 4.79 Å². The molecule has 122 valence electrons. The zero-order chi connectivity index (χ0) is 17.4. The van der Waals surface area contributed by atoms with E-state index in [-0.39, 0.29) is 17.1 Å². The number of carboxylic acids is 1. The van der Waals surface area contributed by atoms with Gasteiger partial charge in [0.05, 0.1) is 16.8 Å². The van der Waals surface area contributed by atoms with E-state index in [9.17, 15) is 19.7 Å². The normalized spacial score (nSPS) is 11.3. The molecule has 0 aromatic carbocycles. The van der Waals surface area contributed by atoms with Gasteiger partial charge in [-0.15, -0.1) is 0 Å². The largest absolute Gasteiger partial charge is 0.476 e. The summed E-state index contributed by atoms with van der Waals surface area (Å²) in [5, 5.41) is 29.9. The second-order valence-electron chi connectivity index (χ2n) is 5.25. The number of carbonyl (C=O) groups excluding carboxylic acids is 1. The van der Waals surface area contributed by atoms with Crippen molar-refractivity contribution < 1.29 is 19.6 Å². The Morgan fingerprint density at radius 2 is 2.00 bits per heavy atom. The third-order valence-electron chi connectivity index (χ3n) is 3.30. The van der Waals surface area contributed by atoms with Crippen molar-refractivity contribution in [2.45, 2.75) is 19.4 Å². The number of aromatic carboxylic acids is 1. The van der Waals surface area contributed by atoms with Crippen LogP contribution in [0.2, 0.25) is 0 Å². The smallest absolute Gasteiger partial charge is 0.356 e. The maximum Gasteiger partial charge on any atom is 0.356 e. The van der Waals surface area contributed by atoms with Crippen molar-refractivity contribution in [3.8, 4) is 0 Å². The minimum absolute atomic E-state index is 0.0275. The van der Waals surface area contributed by atoms with Crippen molar-refractivity contribution in [1.82, 2.24) is 19.6 Å². The molecule has 2 aromatic rings. The summed E-state index contributed by atoms with van der Waals surface area (Å²) >= 11 is 0. The summed E-state index contributed by atoms with van der Waals surface area (Å²) in [6.45, 7) is 2.99. The first-order valence-corrected chi connectivity index (χ1v) is 6.41. The number of hydrogen-bond donors (Lipinski definition) is 2. The van der Waals surface area contributed by atoms with E-state index in [0.29, 0.717) is 0 Å². The molecule has 2 N–H and O–H groups in total. The zero-order valence-electron chi connectivity index (χ0n) is 12.5. The summed E-state index contributed by atoms with van der Waals surface area (Å²) < 4.78 is 2.25. The first-order valence-electron chi connectivity index (χ1n) is 6.41. The summed E-state index contributed by atoms with van der Waals surface area (Å²) in [4.78, 5) is 33.7. The van der Waals surface area contributed by atoms with E-state index >= 15 is 0 Å². The molecule has 0 unspecified atom stereocenters. The average molecular weight is 322 g/mol. The minimum atomic E-state index is -1.28. The van der Waals surface area contributed by atoms with Gasteiger partial charge >= 0.3 is 11.7 Å². The van der Waals surface area contributed by atoms with Crippen molar-refractivity contribution in [3.05, 3.63) is 34.4 Å². The van der Waals surface area contributed by atoms with Gasteiger partial charge in [0, 0.05) is 7.05 Å². The Labute approximate surface area is 129 Å². The van der Waals surface area contributed by atoms with Gasteiger partial charge in [0.2, 0.25) is 0 Å². The molecule has 0 fully saturated rings. The molecule has 0 radical (unpaired) electrons. The Kier molecular flexibility index (Phi) is 3.87. The van der Waals surface area contributed by atoms with Gasteiger partial charge in [-0.2, -0.15) is 10.2 Å². The van der Waals surface area contributed by atoms with Crippen molar-refractivity contribution in [1.29, 1.82) is 0 Å². The molecule has 0 aliphatic rings. The number of nitro groups is 1. The van der Waals surface area contributed by atoms with Crippen LogP contribution in [0.25, 0.3) is 0 Å². The van der Waals surface area contributed by atoms with Crippen LogP contribution in [0.3, 0.4) is 0 Å². The Morgan fingerprint density at radius 3 is 2.52 bits per heavy atom. The van der Waals surface area contributed by atoms with Crippen LogP contribution in [0, 0.1) is 10.1 Å². The molecule has 2 rings (SSSR count). The van der Waals surface area contributed by atoms with Crippen LogP contribution in [0.4, 0.5) is 11.4 Å². The van der Waals surface area contributed by atoms with Crippen LogP contribution in [-0.4, -0.2) is 41.5 Å². The second-order valence-corrected chi connectivity index (χ2v) is 5.25. The van der Waals surface area contributed by atoms with Crippen LogP contribution in [0.1, 0.15) is 24.3 Å². The van der Waals surface area contributed by atoms with Crippen molar-refractivity contribution >= 4 is 23.3 Å². The predicted octanol–water partition coefficient (Wildman–Crippen LogP) is 0.597. The Bertz CT molecular complexity index is 790. The quantitative estimate of drug-likeness (QED) is 0.605. The molecule has 0 aliphatic carbocycles. The highest BCUT2D eigenvalue weighted by Crippen LogP contribution is 2.22. The van der Waals surface area contributed by atoms with E-state index in [1.807, 2.05) is 0 Å². The first-order chi connectivity index (χ1) is 10.6. The van der Waals surface area contributed by atoms with Gasteiger partial charge in [0.15, 0.2) is 5.69 Å². The van der Waals surface area contributed by atoms with Crippen LogP contribution >= 0.6 is 0 Å². The Morgan fingerprint density at radius 1 is 1.35 bits per heavy atom. The first kappa shape index (κ1) is 16.1. The molecule has 2 aromatic heterocycles. The molecule has 0 aliphatic heterocycles. The zero-order valence-corrected chi connectivity index (χ0v) is 12.5. The van der Waals surface area contributed by atoms with E-state index in [1.54, 1.807) is 0 Å². The summed E-state index contributed by atoms with van der Waals surface area (Å²) in [7, 11) is 1.43.